The van der Waals surface area contributed by atoms with Gasteiger partial charge in [0, 0.05) is 20.8 Å². The summed E-state index contributed by atoms with van der Waals surface area (Å²) in [4.78, 5) is 0. The number of aromatic nitrogens is 1. The van der Waals surface area contributed by atoms with Crippen LogP contribution in [0.25, 0.3) is 10.9 Å². The molecule has 0 saturated carbocycles. The molecule has 0 radical (unpaired) electrons. The third-order valence-corrected chi connectivity index (χ3v) is 5.97. The van der Waals surface area contributed by atoms with Gasteiger partial charge in [-0.1, -0.05) is 26.6 Å². The van der Waals surface area contributed by atoms with Crippen LogP contribution in [0.4, 0.5) is 4.39 Å². The fraction of sp³-hybridized carbons (Fsp3) is 0.429. The topological polar surface area (TPSA) is 4.93 Å². The maximum Gasteiger partial charge on any atom is 0.145 e. The Morgan fingerprint density at radius 2 is 1.94 bits per heavy atom. The number of hydrogen-bond acceptors (Lipinski definition) is 0. The Bertz CT molecular complexity index is 583. The molecule has 0 spiro atoms. The first-order chi connectivity index (χ1) is 8.36. The average Bonchev–Trinajstić information content (AvgIpc) is 2.64. The molecule has 18 heavy (non-hydrogen) atoms. The van der Waals surface area contributed by atoms with Gasteiger partial charge in [-0.3, -0.25) is 0 Å². The summed E-state index contributed by atoms with van der Waals surface area (Å²) in [7, 11) is -1.44. The standard InChI is InChI=1S/C14H19FINSi/c1-5-8-17-12-7-6-11(16)14(15)10(12)9-13(17)18(2,3)4/h6-7,9H,5,8H2,1-4H3. The maximum atomic E-state index is 14.2. The predicted molar refractivity (Wildman–Crippen MR) is 87.9 cm³/mol. The molecule has 0 bridgehead atoms. The zero-order valence-corrected chi connectivity index (χ0v) is 14.5. The van der Waals surface area contributed by atoms with Crippen molar-refractivity contribution in [2.24, 2.45) is 0 Å². The van der Waals surface area contributed by atoms with Gasteiger partial charge in [-0.05, 0) is 47.2 Å². The number of fused-ring (bicyclic) bond motifs is 1. The lowest BCUT2D eigenvalue weighted by molar-refractivity contribution is 0.632. The monoisotopic (exact) mass is 375 g/mol. The number of rotatable bonds is 3. The molecule has 0 aliphatic heterocycles. The molecule has 0 unspecified atom stereocenters. The van der Waals surface area contributed by atoms with Gasteiger partial charge in [-0.25, -0.2) is 4.39 Å². The van der Waals surface area contributed by atoms with Gasteiger partial charge in [0.1, 0.15) is 5.82 Å². The molecule has 1 aromatic heterocycles. The van der Waals surface area contributed by atoms with Crippen molar-refractivity contribution in [2.45, 2.75) is 39.5 Å². The second kappa shape index (κ2) is 4.96. The van der Waals surface area contributed by atoms with E-state index < -0.39 is 8.07 Å². The molecular weight excluding hydrogens is 356 g/mol. The van der Waals surface area contributed by atoms with Crippen molar-refractivity contribution < 1.29 is 4.39 Å². The van der Waals surface area contributed by atoms with E-state index in [9.17, 15) is 4.39 Å². The Hall–Kier alpha value is -0.363. The Kier molecular flexibility index (Phi) is 3.87. The van der Waals surface area contributed by atoms with Gasteiger partial charge >= 0.3 is 0 Å². The lowest BCUT2D eigenvalue weighted by Crippen LogP contribution is -2.42. The van der Waals surface area contributed by atoms with Crippen molar-refractivity contribution in [2.75, 3.05) is 0 Å². The molecule has 0 saturated heterocycles. The molecule has 1 heterocycles. The van der Waals surface area contributed by atoms with E-state index in [1.807, 2.05) is 6.07 Å². The highest BCUT2D eigenvalue weighted by Crippen LogP contribution is 2.24. The summed E-state index contributed by atoms with van der Waals surface area (Å²) < 4.78 is 17.2. The summed E-state index contributed by atoms with van der Waals surface area (Å²) in [6.07, 6.45) is 1.08. The predicted octanol–water partition coefficient (Wildman–Crippen LogP) is 4.34. The average molecular weight is 375 g/mol. The second-order valence-electron chi connectivity index (χ2n) is 5.73. The van der Waals surface area contributed by atoms with Crippen LogP contribution in [0, 0.1) is 9.39 Å². The smallest absolute Gasteiger partial charge is 0.145 e. The summed E-state index contributed by atoms with van der Waals surface area (Å²) in [5.41, 5.74) is 1.05. The molecule has 2 aromatic rings. The lowest BCUT2D eigenvalue weighted by Gasteiger charge is -2.19. The first-order valence-electron chi connectivity index (χ1n) is 6.34. The molecular formula is C14H19FINSi. The van der Waals surface area contributed by atoms with Crippen molar-refractivity contribution in [1.29, 1.82) is 0 Å². The SMILES string of the molecule is CCCn1c([Si](C)(C)C)cc2c(F)c(I)ccc21. The van der Waals surface area contributed by atoms with E-state index in [1.54, 1.807) is 0 Å². The molecule has 2 rings (SSSR count). The molecule has 0 fully saturated rings. The van der Waals surface area contributed by atoms with E-state index in [1.165, 1.54) is 5.32 Å². The summed E-state index contributed by atoms with van der Waals surface area (Å²) in [5.74, 6) is -0.0672. The van der Waals surface area contributed by atoms with Gasteiger partial charge in [-0.15, -0.1) is 0 Å². The molecule has 98 valence electrons. The number of nitrogens with zero attached hydrogens (tertiary/aromatic N) is 1. The highest BCUT2D eigenvalue weighted by atomic mass is 127. The van der Waals surface area contributed by atoms with Gasteiger partial charge in [0.25, 0.3) is 0 Å². The van der Waals surface area contributed by atoms with Crippen molar-refractivity contribution in [1.82, 2.24) is 4.57 Å². The van der Waals surface area contributed by atoms with Gasteiger partial charge < -0.3 is 4.57 Å². The van der Waals surface area contributed by atoms with E-state index >= 15 is 0 Å². The Morgan fingerprint density at radius 1 is 1.28 bits per heavy atom. The van der Waals surface area contributed by atoms with Gasteiger partial charge in [0.2, 0.25) is 0 Å². The van der Waals surface area contributed by atoms with E-state index in [-0.39, 0.29) is 5.82 Å². The van der Waals surface area contributed by atoms with Crippen molar-refractivity contribution in [3.8, 4) is 0 Å². The van der Waals surface area contributed by atoms with Crippen molar-refractivity contribution in [3.63, 3.8) is 0 Å². The highest BCUT2D eigenvalue weighted by Gasteiger charge is 2.24. The lowest BCUT2D eigenvalue weighted by atomic mass is 10.2. The van der Waals surface area contributed by atoms with Gasteiger partial charge in [0.15, 0.2) is 0 Å². The van der Waals surface area contributed by atoms with Crippen LogP contribution in [-0.4, -0.2) is 12.6 Å². The summed E-state index contributed by atoms with van der Waals surface area (Å²) in [6, 6.07) is 6.01. The van der Waals surface area contributed by atoms with Crippen LogP contribution in [0.5, 0.6) is 0 Å². The normalized spacial score (nSPS) is 12.3. The minimum absolute atomic E-state index is 0.0672. The Labute approximate surface area is 123 Å². The van der Waals surface area contributed by atoms with Gasteiger partial charge in [-0.2, -0.15) is 0 Å². The van der Waals surface area contributed by atoms with E-state index in [4.69, 9.17) is 0 Å². The number of aryl methyl sites for hydroxylation is 1. The number of halogens is 2. The Morgan fingerprint density at radius 3 is 2.50 bits per heavy atom. The van der Waals surface area contributed by atoms with Crippen molar-refractivity contribution >= 4 is 46.9 Å². The Balaban J connectivity index is 2.79. The molecule has 0 N–H and O–H groups in total. The summed E-state index contributed by atoms with van der Waals surface area (Å²) in [5, 5.41) is 2.13. The second-order valence-corrected chi connectivity index (χ2v) is 11.9. The van der Waals surface area contributed by atoms with Crippen LogP contribution in [0.2, 0.25) is 19.6 Å². The fourth-order valence-electron chi connectivity index (χ4n) is 2.36. The van der Waals surface area contributed by atoms with Gasteiger partial charge in [0.05, 0.1) is 13.6 Å². The van der Waals surface area contributed by atoms with E-state index in [2.05, 4.69) is 65.9 Å². The van der Waals surface area contributed by atoms with Crippen LogP contribution in [-0.2, 0) is 6.54 Å². The molecule has 0 aliphatic carbocycles. The minimum atomic E-state index is -1.44. The van der Waals surface area contributed by atoms with Crippen LogP contribution in [0.15, 0.2) is 18.2 Å². The zero-order chi connectivity index (χ0) is 13.5. The van der Waals surface area contributed by atoms with Crippen LogP contribution in [0.3, 0.4) is 0 Å². The largest absolute Gasteiger partial charge is 0.348 e. The molecule has 1 aromatic carbocycles. The molecule has 0 aliphatic rings. The first-order valence-corrected chi connectivity index (χ1v) is 10.9. The van der Waals surface area contributed by atoms with Crippen molar-refractivity contribution in [3.05, 3.63) is 27.6 Å². The zero-order valence-electron chi connectivity index (χ0n) is 11.3. The van der Waals surface area contributed by atoms with Crippen LogP contribution >= 0.6 is 22.6 Å². The molecule has 0 atom stereocenters. The van der Waals surface area contributed by atoms with Crippen LogP contribution in [0.1, 0.15) is 13.3 Å². The first kappa shape index (κ1) is 14.1. The molecule has 1 nitrogen and oxygen atoms in total. The molecule has 0 amide bonds. The van der Waals surface area contributed by atoms with E-state index in [0.717, 1.165) is 23.9 Å². The minimum Gasteiger partial charge on any atom is -0.348 e. The number of hydrogen-bond donors (Lipinski definition) is 0. The third-order valence-electron chi connectivity index (χ3n) is 3.19. The highest BCUT2D eigenvalue weighted by molar-refractivity contribution is 14.1. The maximum absolute atomic E-state index is 14.2. The summed E-state index contributed by atoms with van der Waals surface area (Å²) >= 11 is 2.06. The third kappa shape index (κ3) is 2.36. The van der Waals surface area contributed by atoms with E-state index in [0.29, 0.717) is 3.57 Å². The number of benzene rings is 1. The van der Waals surface area contributed by atoms with Crippen LogP contribution < -0.4 is 5.32 Å². The fourth-order valence-corrected chi connectivity index (χ4v) is 4.45. The molecule has 4 heteroatoms. The summed E-state index contributed by atoms with van der Waals surface area (Å²) in [6.45, 7) is 10.1. The quantitative estimate of drug-likeness (QED) is 0.556.